The second-order valence-electron chi connectivity index (χ2n) is 6.27. The van der Waals surface area contributed by atoms with Crippen LogP contribution in [-0.4, -0.2) is 51.8 Å². The Morgan fingerprint density at radius 2 is 2.06 bits per heavy atom. The summed E-state index contributed by atoms with van der Waals surface area (Å²) in [5.41, 5.74) is 0.455. The van der Waals surface area contributed by atoms with E-state index in [-0.39, 0.29) is 39.6 Å². The zero-order valence-corrected chi connectivity index (χ0v) is 16.9. The number of nitrogens with one attached hydrogen (secondary N) is 1. The predicted molar refractivity (Wildman–Crippen MR) is 112 cm³/mol. The number of carbonyl (C=O) groups excluding carboxylic acids is 2. The smallest absolute Gasteiger partial charge is 0.337 e. The normalized spacial score (nSPS) is 17.2. The third-order valence-corrected chi connectivity index (χ3v) is 5.30. The SMILES string of the molecule is COC(=O)c1ccc(F)c(-c2cccc(C=NN=C3NC(=O)C(CC(=O)O)S3)c2O)c1. The predicted octanol–water partition coefficient (Wildman–Crippen LogP) is 2.38. The van der Waals surface area contributed by atoms with Crippen LogP contribution in [0.5, 0.6) is 5.75 Å². The number of amides is 1. The van der Waals surface area contributed by atoms with E-state index in [2.05, 4.69) is 20.3 Å². The van der Waals surface area contributed by atoms with Gasteiger partial charge in [-0.25, -0.2) is 9.18 Å². The summed E-state index contributed by atoms with van der Waals surface area (Å²) in [6, 6.07) is 8.18. The van der Waals surface area contributed by atoms with Crippen LogP contribution in [0.1, 0.15) is 22.3 Å². The molecule has 11 heteroatoms. The molecule has 2 aromatic carbocycles. The maximum absolute atomic E-state index is 14.4. The fourth-order valence-electron chi connectivity index (χ4n) is 2.75. The lowest BCUT2D eigenvalue weighted by Crippen LogP contribution is -2.26. The molecule has 1 fully saturated rings. The summed E-state index contributed by atoms with van der Waals surface area (Å²) >= 11 is 0.934. The number of carboxylic acids is 1. The molecule has 0 aromatic heterocycles. The van der Waals surface area contributed by atoms with Crippen molar-refractivity contribution in [1.29, 1.82) is 0 Å². The Bertz CT molecular complexity index is 1120. The van der Waals surface area contributed by atoms with E-state index < -0.39 is 28.9 Å². The molecule has 3 N–H and O–H groups in total. The summed E-state index contributed by atoms with van der Waals surface area (Å²) in [7, 11) is 1.20. The Labute approximate surface area is 179 Å². The van der Waals surface area contributed by atoms with Gasteiger partial charge in [-0.15, -0.1) is 5.10 Å². The highest BCUT2D eigenvalue weighted by atomic mass is 32.2. The van der Waals surface area contributed by atoms with Gasteiger partial charge in [0.25, 0.3) is 0 Å². The molecule has 0 saturated carbocycles. The van der Waals surface area contributed by atoms with E-state index in [0.29, 0.717) is 0 Å². The molecule has 0 spiro atoms. The van der Waals surface area contributed by atoms with Gasteiger partial charge in [-0.05, 0) is 24.3 Å². The number of benzene rings is 2. The van der Waals surface area contributed by atoms with Gasteiger partial charge in [0.1, 0.15) is 16.8 Å². The average Bonchev–Trinajstić information content (AvgIpc) is 3.07. The number of carboxylic acid groups (broad SMARTS) is 1. The first-order valence-electron chi connectivity index (χ1n) is 8.80. The van der Waals surface area contributed by atoms with Crippen LogP contribution in [0.25, 0.3) is 11.1 Å². The van der Waals surface area contributed by atoms with Gasteiger partial charge in [-0.2, -0.15) is 5.10 Å². The number of aliphatic carboxylic acids is 1. The maximum atomic E-state index is 14.4. The lowest BCUT2D eigenvalue weighted by atomic mass is 9.99. The average molecular weight is 445 g/mol. The lowest BCUT2D eigenvalue weighted by Gasteiger charge is -2.09. The van der Waals surface area contributed by atoms with Crippen LogP contribution in [0.4, 0.5) is 4.39 Å². The van der Waals surface area contributed by atoms with Gasteiger partial charge < -0.3 is 20.3 Å². The summed E-state index contributed by atoms with van der Waals surface area (Å²) in [6.45, 7) is 0. The Hall–Kier alpha value is -3.73. The molecular formula is C20H16FN3O6S. The molecule has 1 aliphatic heterocycles. The van der Waals surface area contributed by atoms with Crippen LogP contribution < -0.4 is 5.32 Å². The topological polar surface area (TPSA) is 138 Å². The molecule has 3 rings (SSSR count). The van der Waals surface area contributed by atoms with Gasteiger partial charge in [0.05, 0.1) is 25.3 Å². The molecule has 1 saturated heterocycles. The van der Waals surface area contributed by atoms with Crippen molar-refractivity contribution in [2.24, 2.45) is 10.2 Å². The highest BCUT2D eigenvalue weighted by Crippen LogP contribution is 2.34. The third kappa shape index (κ3) is 5.07. The number of nitrogens with zero attached hydrogens (tertiary/aromatic N) is 2. The summed E-state index contributed by atoms with van der Waals surface area (Å²) in [5, 5.41) is 28.7. The van der Waals surface area contributed by atoms with Gasteiger partial charge in [-0.3, -0.25) is 9.59 Å². The lowest BCUT2D eigenvalue weighted by molar-refractivity contribution is -0.138. The summed E-state index contributed by atoms with van der Waals surface area (Å²) < 4.78 is 19.0. The van der Waals surface area contributed by atoms with Crippen molar-refractivity contribution in [2.45, 2.75) is 11.7 Å². The molecule has 1 amide bonds. The Kier molecular flexibility index (Phi) is 6.65. The molecule has 1 atom stereocenters. The molecule has 160 valence electrons. The quantitative estimate of drug-likeness (QED) is 0.353. The minimum absolute atomic E-state index is 0.00270. The molecule has 2 aromatic rings. The van der Waals surface area contributed by atoms with Crippen LogP contribution in [-0.2, 0) is 14.3 Å². The Morgan fingerprint density at radius 3 is 2.77 bits per heavy atom. The number of hydrogen-bond donors (Lipinski definition) is 3. The van der Waals surface area contributed by atoms with E-state index in [0.717, 1.165) is 17.8 Å². The first-order chi connectivity index (χ1) is 14.8. The van der Waals surface area contributed by atoms with Crippen molar-refractivity contribution in [3.05, 3.63) is 53.3 Å². The molecule has 31 heavy (non-hydrogen) atoms. The van der Waals surface area contributed by atoms with Crippen molar-refractivity contribution < 1.29 is 33.7 Å². The van der Waals surface area contributed by atoms with Gasteiger partial charge in [0.15, 0.2) is 5.17 Å². The number of thioether (sulfide) groups is 1. The number of amidine groups is 1. The Balaban J connectivity index is 1.85. The first-order valence-corrected chi connectivity index (χ1v) is 9.68. The van der Waals surface area contributed by atoms with Crippen molar-refractivity contribution in [1.82, 2.24) is 5.32 Å². The number of halogens is 1. The first kappa shape index (κ1) is 22.0. The zero-order chi connectivity index (χ0) is 22.5. The fourth-order valence-corrected chi connectivity index (χ4v) is 3.66. The minimum atomic E-state index is -1.11. The molecule has 9 nitrogen and oxygen atoms in total. The van der Waals surface area contributed by atoms with Gasteiger partial charge in [-0.1, -0.05) is 23.9 Å². The van der Waals surface area contributed by atoms with Gasteiger partial charge in [0.2, 0.25) is 5.91 Å². The van der Waals surface area contributed by atoms with E-state index in [1.54, 1.807) is 6.07 Å². The van der Waals surface area contributed by atoms with Crippen molar-refractivity contribution in [3.63, 3.8) is 0 Å². The van der Waals surface area contributed by atoms with Crippen LogP contribution in [0.15, 0.2) is 46.6 Å². The zero-order valence-electron chi connectivity index (χ0n) is 16.0. The second-order valence-corrected chi connectivity index (χ2v) is 7.46. The molecular weight excluding hydrogens is 429 g/mol. The van der Waals surface area contributed by atoms with Gasteiger partial charge >= 0.3 is 11.9 Å². The molecule has 1 unspecified atom stereocenters. The third-order valence-electron chi connectivity index (χ3n) is 4.23. The monoisotopic (exact) mass is 445 g/mol. The van der Waals surface area contributed by atoms with Crippen LogP contribution >= 0.6 is 11.8 Å². The number of esters is 1. The van der Waals surface area contributed by atoms with Crippen molar-refractivity contribution in [3.8, 4) is 16.9 Å². The number of phenols is 1. The summed E-state index contributed by atoms with van der Waals surface area (Å²) in [6.07, 6.45) is 0.851. The number of carbonyl (C=O) groups is 3. The number of rotatable bonds is 6. The second kappa shape index (κ2) is 9.39. The fraction of sp³-hybridized carbons (Fsp3) is 0.150. The maximum Gasteiger partial charge on any atom is 0.337 e. The molecule has 0 bridgehead atoms. The number of aromatic hydroxyl groups is 1. The Morgan fingerprint density at radius 1 is 1.29 bits per heavy atom. The van der Waals surface area contributed by atoms with E-state index >= 15 is 0 Å². The van der Waals surface area contributed by atoms with E-state index in [9.17, 15) is 23.9 Å². The van der Waals surface area contributed by atoms with E-state index in [1.165, 1.54) is 37.6 Å². The molecule has 1 heterocycles. The van der Waals surface area contributed by atoms with Crippen LogP contribution in [0.3, 0.4) is 0 Å². The van der Waals surface area contributed by atoms with E-state index in [4.69, 9.17) is 5.11 Å². The highest BCUT2D eigenvalue weighted by molar-refractivity contribution is 8.15. The van der Waals surface area contributed by atoms with Crippen molar-refractivity contribution in [2.75, 3.05) is 7.11 Å². The number of ether oxygens (including phenoxy) is 1. The standard InChI is InChI=1S/C20H16FN3O6S/c1-30-19(29)10-5-6-14(21)13(7-10)12-4-2-3-11(17(12)27)9-22-24-20-23-18(28)15(31-20)8-16(25)26/h2-7,9,15,27H,8H2,1H3,(H,25,26)(H,23,24,28). The molecule has 0 radical (unpaired) electrons. The minimum Gasteiger partial charge on any atom is -0.507 e. The van der Waals surface area contributed by atoms with Crippen LogP contribution in [0.2, 0.25) is 0 Å². The number of para-hydroxylation sites is 1. The van der Waals surface area contributed by atoms with Gasteiger partial charge in [0, 0.05) is 16.7 Å². The highest BCUT2D eigenvalue weighted by Gasteiger charge is 2.32. The van der Waals surface area contributed by atoms with E-state index in [1.807, 2.05) is 0 Å². The van der Waals surface area contributed by atoms with Crippen molar-refractivity contribution >= 4 is 41.0 Å². The summed E-state index contributed by atoms with van der Waals surface area (Å²) in [4.78, 5) is 34.2. The number of hydrogen-bond acceptors (Lipinski definition) is 8. The van der Waals surface area contributed by atoms with Crippen LogP contribution in [0, 0.1) is 5.82 Å². The summed E-state index contributed by atoms with van der Waals surface area (Å²) in [5.74, 6) is -3.17. The largest absolute Gasteiger partial charge is 0.507 e. The molecule has 0 aliphatic carbocycles. The number of phenolic OH excluding ortho intramolecular Hbond substituents is 1. The molecule has 1 aliphatic rings. The number of methoxy groups -OCH3 is 1.